The zero-order valence-corrected chi connectivity index (χ0v) is 13.5. The van der Waals surface area contributed by atoms with Gasteiger partial charge in [0.1, 0.15) is 12.2 Å². The largest absolute Gasteiger partial charge is 0.500 e. The number of hydrogen-bond donors (Lipinski definition) is 1. The minimum absolute atomic E-state index is 0.0391. The van der Waals surface area contributed by atoms with E-state index in [4.69, 9.17) is 10.5 Å². The lowest BCUT2D eigenvalue weighted by Crippen LogP contribution is -2.24. The van der Waals surface area contributed by atoms with E-state index in [9.17, 15) is 9.59 Å². The number of hydrogen-bond acceptors (Lipinski definition) is 4. The number of rotatable bonds is 6. The highest BCUT2D eigenvalue weighted by Gasteiger charge is 2.14. The third kappa shape index (κ3) is 3.28. The summed E-state index contributed by atoms with van der Waals surface area (Å²) in [5.41, 5.74) is 7.57. The van der Waals surface area contributed by atoms with Gasteiger partial charge in [-0.05, 0) is 35.4 Å². The Morgan fingerprint density at radius 2 is 2.00 bits per heavy atom. The SMILES string of the molecule is C=COCCn1cc(C(N)=O)c(=O)c2ccc(-c3ccncc3)cc21. The molecule has 6 heteroatoms. The number of carbonyl (C=O) groups excluding carboxylic acids is 1. The molecule has 25 heavy (non-hydrogen) atoms. The molecule has 126 valence electrons. The van der Waals surface area contributed by atoms with Crippen LogP contribution in [0, 0.1) is 0 Å². The highest BCUT2D eigenvalue weighted by molar-refractivity contribution is 5.96. The first kappa shape index (κ1) is 16.4. The number of ether oxygens (including phenoxy) is 1. The van der Waals surface area contributed by atoms with Gasteiger partial charge in [0.25, 0.3) is 5.91 Å². The Balaban J connectivity index is 2.21. The summed E-state index contributed by atoms with van der Waals surface area (Å²) in [6, 6.07) is 9.24. The molecule has 6 nitrogen and oxygen atoms in total. The van der Waals surface area contributed by atoms with Gasteiger partial charge in [0.2, 0.25) is 5.43 Å². The second kappa shape index (κ2) is 7.00. The predicted octanol–water partition coefficient (Wildman–Crippen LogP) is 2.32. The third-order valence-corrected chi connectivity index (χ3v) is 3.93. The number of fused-ring (bicyclic) bond motifs is 1. The van der Waals surface area contributed by atoms with E-state index in [0.29, 0.717) is 24.1 Å². The van der Waals surface area contributed by atoms with Gasteiger partial charge < -0.3 is 15.0 Å². The highest BCUT2D eigenvalue weighted by Crippen LogP contribution is 2.23. The standard InChI is InChI=1S/C19H17N3O3/c1-2-25-10-9-22-12-16(19(20)24)18(23)15-4-3-14(11-17(15)22)13-5-7-21-8-6-13/h2-8,11-12H,1,9-10H2,(H2,20,24). The molecule has 0 bridgehead atoms. The van der Waals surface area contributed by atoms with Crippen molar-refractivity contribution in [2.75, 3.05) is 6.61 Å². The fraction of sp³-hybridized carbons (Fsp3) is 0.105. The molecule has 0 aliphatic rings. The van der Waals surface area contributed by atoms with Crippen molar-refractivity contribution in [2.45, 2.75) is 6.54 Å². The van der Waals surface area contributed by atoms with E-state index in [1.165, 1.54) is 12.5 Å². The van der Waals surface area contributed by atoms with E-state index >= 15 is 0 Å². The Morgan fingerprint density at radius 1 is 1.24 bits per heavy atom. The second-order valence-corrected chi connectivity index (χ2v) is 5.43. The topological polar surface area (TPSA) is 87.2 Å². The van der Waals surface area contributed by atoms with Crippen LogP contribution in [0.2, 0.25) is 0 Å². The van der Waals surface area contributed by atoms with Gasteiger partial charge >= 0.3 is 0 Å². The van der Waals surface area contributed by atoms with E-state index in [0.717, 1.165) is 11.1 Å². The molecule has 3 aromatic rings. The van der Waals surface area contributed by atoms with Gasteiger partial charge in [-0.15, -0.1) is 0 Å². The lowest BCUT2D eigenvalue weighted by atomic mass is 10.0. The van der Waals surface area contributed by atoms with Gasteiger partial charge in [0.15, 0.2) is 0 Å². The number of nitrogens with two attached hydrogens (primary N) is 1. The summed E-state index contributed by atoms with van der Waals surface area (Å²) in [6.07, 6.45) is 6.25. The molecular weight excluding hydrogens is 318 g/mol. The van der Waals surface area contributed by atoms with E-state index < -0.39 is 5.91 Å². The van der Waals surface area contributed by atoms with Crippen molar-refractivity contribution in [3.05, 3.63) is 77.6 Å². The molecule has 3 rings (SSSR count). The zero-order valence-electron chi connectivity index (χ0n) is 13.5. The Hall–Kier alpha value is -3.41. The zero-order chi connectivity index (χ0) is 17.8. The summed E-state index contributed by atoms with van der Waals surface area (Å²) in [5.74, 6) is -0.747. The van der Waals surface area contributed by atoms with E-state index in [1.807, 2.05) is 24.3 Å². The number of nitrogens with zero attached hydrogens (tertiary/aromatic N) is 2. The van der Waals surface area contributed by atoms with Gasteiger partial charge in [-0.1, -0.05) is 12.6 Å². The van der Waals surface area contributed by atoms with Crippen molar-refractivity contribution in [2.24, 2.45) is 5.73 Å². The van der Waals surface area contributed by atoms with Crippen LogP contribution in [0.25, 0.3) is 22.0 Å². The Kier molecular flexibility index (Phi) is 4.61. The van der Waals surface area contributed by atoms with Crippen molar-refractivity contribution >= 4 is 16.8 Å². The Morgan fingerprint density at radius 3 is 2.68 bits per heavy atom. The molecule has 0 atom stereocenters. The highest BCUT2D eigenvalue weighted by atomic mass is 16.5. The van der Waals surface area contributed by atoms with Crippen molar-refractivity contribution in [1.82, 2.24) is 9.55 Å². The molecule has 0 unspecified atom stereocenters. The molecule has 1 amide bonds. The average molecular weight is 335 g/mol. The molecule has 0 aliphatic carbocycles. The quantitative estimate of drug-likeness (QED) is 0.553. The molecule has 0 aliphatic heterocycles. The lowest BCUT2D eigenvalue weighted by Gasteiger charge is -2.13. The molecule has 2 aromatic heterocycles. The summed E-state index contributed by atoms with van der Waals surface area (Å²) in [5, 5.41) is 0.438. The molecule has 0 fully saturated rings. The first-order valence-corrected chi connectivity index (χ1v) is 7.71. The summed E-state index contributed by atoms with van der Waals surface area (Å²) >= 11 is 0. The second-order valence-electron chi connectivity index (χ2n) is 5.43. The van der Waals surface area contributed by atoms with Crippen molar-refractivity contribution in [3.8, 4) is 11.1 Å². The third-order valence-electron chi connectivity index (χ3n) is 3.93. The minimum Gasteiger partial charge on any atom is -0.500 e. The Labute approximate surface area is 144 Å². The van der Waals surface area contributed by atoms with Crippen molar-refractivity contribution in [1.29, 1.82) is 0 Å². The monoisotopic (exact) mass is 335 g/mol. The Bertz CT molecular complexity index is 994. The van der Waals surface area contributed by atoms with Gasteiger partial charge in [0, 0.05) is 24.0 Å². The van der Waals surface area contributed by atoms with Crippen LogP contribution >= 0.6 is 0 Å². The number of benzene rings is 1. The number of aromatic nitrogens is 2. The summed E-state index contributed by atoms with van der Waals surface area (Å²) in [7, 11) is 0. The number of carbonyl (C=O) groups is 1. The van der Waals surface area contributed by atoms with Crippen molar-refractivity contribution in [3.63, 3.8) is 0 Å². The molecule has 0 saturated carbocycles. The molecule has 1 aromatic carbocycles. The van der Waals surface area contributed by atoms with Crippen LogP contribution in [0.5, 0.6) is 0 Å². The normalized spacial score (nSPS) is 10.6. The van der Waals surface area contributed by atoms with Crippen LogP contribution in [0.1, 0.15) is 10.4 Å². The first-order chi connectivity index (χ1) is 12.1. The fourth-order valence-electron chi connectivity index (χ4n) is 2.71. The number of pyridine rings is 2. The van der Waals surface area contributed by atoms with Crippen LogP contribution in [0.4, 0.5) is 0 Å². The van der Waals surface area contributed by atoms with Crippen LogP contribution < -0.4 is 11.2 Å². The van der Waals surface area contributed by atoms with Gasteiger partial charge in [-0.3, -0.25) is 14.6 Å². The first-order valence-electron chi connectivity index (χ1n) is 7.71. The summed E-state index contributed by atoms with van der Waals surface area (Å²) in [4.78, 5) is 28.1. The van der Waals surface area contributed by atoms with Gasteiger partial charge in [0.05, 0.1) is 18.3 Å². The lowest BCUT2D eigenvalue weighted by molar-refractivity contribution is 0.0998. The molecule has 0 radical (unpaired) electrons. The van der Waals surface area contributed by atoms with Crippen LogP contribution in [-0.4, -0.2) is 22.1 Å². The maximum absolute atomic E-state index is 12.5. The molecule has 0 spiro atoms. The van der Waals surface area contributed by atoms with Crippen LogP contribution in [-0.2, 0) is 11.3 Å². The fourth-order valence-corrected chi connectivity index (χ4v) is 2.71. The van der Waals surface area contributed by atoms with E-state index in [2.05, 4.69) is 11.6 Å². The van der Waals surface area contributed by atoms with Crippen molar-refractivity contribution < 1.29 is 9.53 Å². The minimum atomic E-state index is -0.747. The molecular formula is C19H17N3O3. The maximum atomic E-state index is 12.5. The smallest absolute Gasteiger partial charge is 0.254 e. The van der Waals surface area contributed by atoms with E-state index in [-0.39, 0.29) is 11.0 Å². The van der Waals surface area contributed by atoms with Gasteiger partial charge in [-0.2, -0.15) is 0 Å². The molecule has 0 saturated heterocycles. The van der Waals surface area contributed by atoms with Gasteiger partial charge in [-0.25, -0.2) is 0 Å². The molecule has 2 heterocycles. The predicted molar refractivity (Wildman–Crippen MR) is 96.1 cm³/mol. The van der Waals surface area contributed by atoms with Crippen LogP contribution in [0.15, 0.2) is 66.6 Å². The number of amides is 1. The number of primary amides is 1. The molecule has 2 N–H and O–H groups in total. The van der Waals surface area contributed by atoms with E-state index in [1.54, 1.807) is 23.0 Å². The summed E-state index contributed by atoms with van der Waals surface area (Å²) in [6.45, 7) is 4.31. The van der Waals surface area contributed by atoms with Crippen LogP contribution in [0.3, 0.4) is 0 Å². The maximum Gasteiger partial charge on any atom is 0.254 e. The average Bonchev–Trinajstić information content (AvgIpc) is 2.64. The summed E-state index contributed by atoms with van der Waals surface area (Å²) < 4.78 is 6.97.